The number of phenolic OH excluding ortho intramolecular Hbond substituents is 1. The zero-order valence-electron chi connectivity index (χ0n) is 15.5. The maximum atomic E-state index is 12.4. The second-order valence-electron chi connectivity index (χ2n) is 6.40. The molecule has 1 aromatic carbocycles. The first-order chi connectivity index (χ1) is 13.3. The molecule has 1 aromatic rings. The minimum Gasteiger partial charge on any atom is -0.508 e. The number of benzene rings is 1. The number of hydrogen-bond donors (Lipinski definition) is 7. The summed E-state index contributed by atoms with van der Waals surface area (Å²) in [4.78, 5) is 35.8. The van der Waals surface area contributed by atoms with E-state index in [1.807, 2.05) is 0 Å². The molecule has 9 N–H and O–H groups in total. The monoisotopic (exact) mass is 396 g/mol. The molecule has 0 aliphatic carbocycles. The molecule has 0 aliphatic rings. The maximum absolute atomic E-state index is 12.4. The van der Waals surface area contributed by atoms with Crippen LogP contribution >= 0.6 is 0 Å². The number of unbranched alkanes of at least 4 members (excludes halogenated alkanes) is 1. The number of carbonyl (C=O) groups is 3. The van der Waals surface area contributed by atoms with Crippen LogP contribution in [0, 0.1) is 0 Å². The van der Waals surface area contributed by atoms with Gasteiger partial charge >= 0.3 is 5.97 Å². The molecular formula is C18H28N4O6. The van der Waals surface area contributed by atoms with Crippen LogP contribution in [0.5, 0.6) is 5.75 Å². The molecule has 10 nitrogen and oxygen atoms in total. The molecular weight excluding hydrogens is 368 g/mol. The maximum Gasteiger partial charge on any atom is 0.328 e. The van der Waals surface area contributed by atoms with Gasteiger partial charge in [-0.3, -0.25) is 9.59 Å². The van der Waals surface area contributed by atoms with Gasteiger partial charge in [0, 0.05) is 0 Å². The standard InChI is InChI=1S/C18H28N4O6/c19-8-2-1-3-14(17(26)22-15(10-23)18(27)28)21-16(25)13(20)9-11-4-6-12(24)7-5-11/h4-7,13-15,23-24H,1-3,8-10,19-20H2,(H,21,25)(H,22,26)(H,27,28). The minimum atomic E-state index is -1.47. The third-order valence-electron chi connectivity index (χ3n) is 4.11. The molecule has 0 aliphatic heterocycles. The molecule has 28 heavy (non-hydrogen) atoms. The first-order valence-corrected chi connectivity index (χ1v) is 8.96. The molecule has 3 atom stereocenters. The fourth-order valence-corrected chi connectivity index (χ4v) is 2.48. The second-order valence-corrected chi connectivity index (χ2v) is 6.40. The zero-order valence-corrected chi connectivity index (χ0v) is 15.5. The molecule has 0 bridgehead atoms. The van der Waals surface area contributed by atoms with E-state index in [-0.39, 0.29) is 18.6 Å². The summed E-state index contributed by atoms with van der Waals surface area (Å²) in [6.45, 7) is -0.359. The number of carboxylic acid groups (broad SMARTS) is 1. The number of nitrogens with two attached hydrogens (primary N) is 2. The van der Waals surface area contributed by atoms with E-state index in [2.05, 4.69) is 10.6 Å². The lowest BCUT2D eigenvalue weighted by molar-refractivity contribution is -0.143. The highest BCUT2D eigenvalue weighted by molar-refractivity contribution is 5.91. The topological polar surface area (TPSA) is 188 Å². The van der Waals surface area contributed by atoms with Crippen molar-refractivity contribution in [3.63, 3.8) is 0 Å². The molecule has 2 amide bonds. The van der Waals surface area contributed by atoms with Crippen LogP contribution in [-0.2, 0) is 20.8 Å². The lowest BCUT2D eigenvalue weighted by atomic mass is 10.0. The smallest absolute Gasteiger partial charge is 0.328 e. The van der Waals surface area contributed by atoms with Crippen molar-refractivity contribution in [2.24, 2.45) is 11.5 Å². The van der Waals surface area contributed by atoms with Crippen LogP contribution in [0.1, 0.15) is 24.8 Å². The van der Waals surface area contributed by atoms with Crippen LogP contribution in [0.4, 0.5) is 0 Å². The average Bonchev–Trinajstić information content (AvgIpc) is 2.66. The Bertz CT molecular complexity index is 652. The molecule has 0 saturated carbocycles. The van der Waals surface area contributed by atoms with Gasteiger partial charge in [0.05, 0.1) is 12.6 Å². The lowest BCUT2D eigenvalue weighted by Crippen LogP contribution is -2.55. The van der Waals surface area contributed by atoms with Crippen LogP contribution in [0.2, 0.25) is 0 Å². The van der Waals surface area contributed by atoms with E-state index in [1.165, 1.54) is 12.1 Å². The van der Waals surface area contributed by atoms with Crippen molar-refractivity contribution in [1.29, 1.82) is 0 Å². The van der Waals surface area contributed by atoms with E-state index in [1.54, 1.807) is 12.1 Å². The highest BCUT2D eigenvalue weighted by atomic mass is 16.4. The number of carboxylic acids is 1. The molecule has 0 heterocycles. The third-order valence-corrected chi connectivity index (χ3v) is 4.11. The van der Waals surface area contributed by atoms with E-state index in [4.69, 9.17) is 21.7 Å². The van der Waals surface area contributed by atoms with Crippen molar-refractivity contribution in [2.45, 2.75) is 43.8 Å². The number of aliphatic hydroxyl groups excluding tert-OH is 1. The van der Waals surface area contributed by atoms with E-state index < -0.39 is 42.5 Å². The Morgan fingerprint density at radius 3 is 2.14 bits per heavy atom. The molecule has 0 radical (unpaired) electrons. The number of aromatic hydroxyl groups is 1. The Balaban J connectivity index is 2.74. The SMILES string of the molecule is NCCCCC(NC(=O)C(N)Cc1ccc(O)cc1)C(=O)NC(CO)C(=O)O. The predicted molar refractivity (Wildman–Crippen MR) is 101 cm³/mol. The fraction of sp³-hybridized carbons (Fsp3) is 0.500. The second kappa shape index (κ2) is 11.9. The van der Waals surface area contributed by atoms with Crippen LogP contribution < -0.4 is 22.1 Å². The summed E-state index contributed by atoms with van der Waals surface area (Å²) < 4.78 is 0. The van der Waals surface area contributed by atoms with Gasteiger partial charge in [0.25, 0.3) is 0 Å². The molecule has 1 rings (SSSR count). The molecule has 0 spiro atoms. The van der Waals surface area contributed by atoms with Gasteiger partial charge in [0.2, 0.25) is 11.8 Å². The van der Waals surface area contributed by atoms with Crippen molar-refractivity contribution in [1.82, 2.24) is 10.6 Å². The van der Waals surface area contributed by atoms with Gasteiger partial charge < -0.3 is 37.4 Å². The highest BCUT2D eigenvalue weighted by Gasteiger charge is 2.27. The number of aliphatic hydroxyl groups is 1. The van der Waals surface area contributed by atoms with E-state index in [9.17, 15) is 19.5 Å². The number of nitrogens with one attached hydrogen (secondary N) is 2. The quantitative estimate of drug-likeness (QED) is 0.206. The van der Waals surface area contributed by atoms with Gasteiger partial charge in [-0.05, 0) is 49.9 Å². The molecule has 156 valence electrons. The third kappa shape index (κ3) is 7.91. The predicted octanol–water partition coefficient (Wildman–Crippen LogP) is -1.56. The van der Waals surface area contributed by atoms with Crippen LogP contribution in [0.3, 0.4) is 0 Å². The fourth-order valence-electron chi connectivity index (χ4n) is 2.48. The molecule has 0 fully saturated rings. The van der Waals surface area contributed by atoms with E-state index >= 15 is 0 Å². The van der Waals surface area contributed by atoms with Crippen molar-refractivity contribution >= 4 is 17.8 Å². The number of carbonyl (C=O) groups excluding carboxylic acids is 2. The van der Waals surface area contributed by atoms with Gasteiger partial charge in [-0.15, -0.1) is 0 Å². The Morgan fingerprint density at radius 2 is 1.61 bits per heavy atom. The van der Waals surface area contributed by atoms with Crippen molar-refractivity contribution in [3.05, 3.63) is 29.8 Å². The van der Waals surface area contributed by atoms with Crippen molar-refractivity contribution in [3.8, 4) is 5.75 Å². The minimum absolute atomic E-state index is 0.0929. The lowest BCUT2D eigenvalue weighted by Gasteiger charge is -2.22. The van der Waals surface area contributed by atoms with Crippen molar-refractivity contribution in [2.75, 3.05) is 13.2 Å². The Morgan fingerprint density at radius 1 is 1.00 bits per heavy atom. The van der Waals surface area contributed by atoms with Gasteiger partial charge in [0.15, 0.2) is 0 Å². The molecule has 3 unspecified atom stereocenters. The summed E-state index contributed by atoms with van der Waals surface area (Å²) in [5.74, 6) is -2.58. The van der Waals surface area contributed by atoms with Crippen molar-refractivity contribution < 1.29 is 29.7 Å². The van der Waals surface area contributed by atoms with E-state index in [0.717, 1.165) is 5.56 Å². The number of rotatable bonds is 12. The Labute approximate surface area is 162 Å². The average molecular weight is 396 g/mol. The largest absolute Gasteiger partial charge is 0.508 e. The van der Waals surface area contributed by atoms with Gasteiger partial charge in [-0.25, -0.2) is 4.79 Å². The zero-order chi connectivity index (χ0) is 21.1. The summed E-state index contributed by atoms with van der Waals surface area (Å²) in [7, 11) is 0. The molecule has 0 saturated heterocycles. The first-order valence-electron chi connectivity index (χ1n) is 8.96. The van der Waals surface area contributed by atoms with E-state index in [0.29, 0.717) is 19.4 Å². The van der Waals surface area contributed by atoms with Crippen LogP contribution in [-0.4, -0.2) is 64.4 Å². The number of phenols is 1. The normalized spacial score (nSPS) is 14.0. The number of aliphatic carboxylic acids is 1. The van der Waals surface area contributed by atoms with Crippen LogP contribution in [0.25, 0.3) is 0 Å². The molecule has 0 aromatic heterocycles. The summed E-state index contributed by atoms with van der Waals surface area (Å²) >= 11 is 0. The summed E-state index contributed by atoms with van der Waals surface area (Å²) in [6, 6.07) is 2.81. The highest BCUT2D eigenvalue weighted by Crippen LogP contribution is 2.11. The number of hydrogen-bond acceptors (Lipinski definition) is 7. The summed E-state index contributed by atoms with van der Waals surface area (Å²) in [5.41, 5.74) is 12.1. The number of amides is 2. The summed E-state index contributed by atoms with van der Waals surface area (Å²) in [6.07, 6.45) is 1.61. The Hall–Kier alpha value is -2.69. The Kier molecular flexibility index (Phi) is 9.93. The summed E-state index contributed by atoms with van der Waals surface area (Å²) in [5, 5.41) is 32.0. The van der Waals surface area contributed by atoms with Gasteiger partial charge in [-0.1, -0.05) is 12.1 Å². The van der Waals surface area contributed by atoms with Crippen LogP contribution in [0.15, 0.2) is 24.3 Å². The van der Waals surface area contributed by atoms with Gasteiger partial charge in [0.1, 0.15) is 17.8 Å². The molecule has 10 heteroatoms. The first kappa shape index (κ1) is 23.3. The van der Waals surface area contributed by atoms with Gasteiger partial charge in [-0.2, -0.15) is 0 Å².